The number of hydrogen-bond acceptors (Lipinski definition) is 5. The maximum absolute atomic E-state index is 14.6. The highest BCUT2D eigenvalue weighted by atomic mass is 35.5. The summed E-state index contributed by atoms with van der Waals surface area (Å²) in [6.45, 7) is 0. The number of rotatable bonds is 6. The molecule has 0 bridgehead atoms. The first-order chi connectivity index (χ1) is 14.2. The molecule has 1 heterocycles. The predicted molar refractivity (Wildman–Crippen MR) is 109 cm³/mol. The van der Waals surface area contributed by atoms with Gasteiger partial charge in [-0.25, -0.2) is 17.8 Å². The van der Waals surface area contributed by atoms with Gasteiger partial charge in [0.25, 0.3) is 5.91 Å². The van der Waals surface area contributed by atoms with E-state index in [0.717, 1.165) is 38.2 Å². The van der Waals surface area contributed by atoms with E-state index in [-0.39, 0.29) is 22.8 Å². The smallest absolute Gasteiger partial charge is 0.269 e. The fourth-order valence-electron chi connectivity index (χ4n) is 3.55. The standard InChI is InChI=1S/C19H21ClFN5O3S/c1-26-9-16(23-11-26)13-7-14(18(21)17(20)15(13)8-22)19(27)24-25-30(28,29)10-12-5-3-2-4-6-12/h7,9,11-12,25H,2-6,10H2,1H3,(H,24,27). The lowest BCUT2D eigenvalue weighted by Gasteiger charge is -2.21. The molecule has 1 amide bonds. The number of nitriles is 1. The van der Waals surface area contributed by atoms with Crippen LogP contribution in [0.3, 0.4) is 0 Å². The number of aromatic nitrogens is 2. The van der Waals surface area contributed by atoms with E-state index in [1.165, 1.54) is 6.33 Å². The molecular formula is C19H21ClFN5O3S. The Balaban J connectivity index is 1.81. The average molecular weight is 454 g/mol. The lowest BCUT2D eigenvalue weighted by molar-refractivity contribution is 0.0941. The van der Waals surface area contributed by atoms with Crippen molar-refractivity contribution >= 4 is 27.5 Å². The van der Waals surface area contributed by atoms with Gasteiger partial charge in [-0.05, 0) is 24.8 Å². The third kappa shape index (κ3) is 4.98. The molecule has 0 spiro atoms. The molecule has 30 heavy (non-hydrogen) atoms. The third-order valence-corrected chi connectivity index (χ3v) is 6.72. The maximum atomic E-state index is 14.6. The van der Waals surface area contributed by atoms with E-state index in [1.807, 2.05) is 16.3 Å². The number of hydrogen-bond donors (Lipinski definition) is 2. The Labute approximate surface area is 179 Å². The van der Waals surface area contributed by atoms with E-state index >= 15 is 0 Å². The second-order valence-electron chi connectivity index (χ2n) is 7.35. The van der Waals surface area contributed by atoms with Crippen LogP contribution in [-0.4, -0.2) is 29.6 Å². The summed E-state index contributed by atoms with van der Waals surface area (Å²) in [5, 5.41) is 8.83. The van der Waals surface area contributed by atoms with Crippen LogP contribution in [0.1, 0.15) is 48.0 Å². The van der Waals surface area contributed by atoms with Gasteiger partial charge in [-0.2, -0.15) is 5.26 Å². The van der Waals surface area contributed by atoms with Crippen LogP contribution in [0.5, 0.6) is 0 Å². The minimum absolute atomic E-state index is 0.0324. The van der Waals surface area contributed by atoms with Crippen LogP contribution in [0.15, 0.2) is 18.6 Å². The summed E-state index contributed by atoms with van der Waals surface area (Å²) >= 11 is 5.97. The van der Waals surface area contributed by atoms with E-state index in [4.69, 9.17) is 11.6 Å². The number of sulfonamides is 1. The molecule has 2 N–H and O–H groups in total. The Hall–Kier alpha value is -2.48. The number of carbonyl (C=O) groups excluding carboxylic acids is 1. The van der Waals surface area contributed by atoms with Gasteiger partial charge in [0.15, 0.2) is 5.82 Å². The monoisotopic (exact) mass is 453 g/mol. The molecule has 0 aliphatic heterocycles. The topological polar surface area (TPSA) is 117 Å². The van der Waals surface area contributed by atoms with E-state index in [0.29, 0.717) is 5.69 Å². The number of nitrogens with zero attached hydrogens (tertiary/aromatic N) is 3. The van der Waals surface area contributed by atoms with Gasteiger partial charge in [0.1, 0.15) is 6.07 Å². The van der Waals surface area contributed by atoms with Gasteiger partial charge in [-0.3, -0.25) is 10.2 Å². The summed E-state index contributed by atoms with van der Waals surface area (Å²) in [6, 6.07) is 2.95. The van der Waals surface area contributed by atoms with E-state index < -0.39 is 32.3 Å². The minimum atomic E-state index is -3.78. The number of halogens is 2. The lowest BCUT2D eigenvalue weighted by Crippen LogP contribution is -2.44. The van der Waals surface area contributed by atoms with Crippen molar-refractivity contribution in [3.05, 3.63) is 40.6 Å². The van der Waals surface area contributed by atoms with Crippen LogP contribution in [-0.2, 0) is 17.1 Å². The number of aryl methyl sites for hydroxylation is 1. The van der Waals surface area contributed by atoms with Gasteiger partial charge >= 0.3 is 0 Å². The van der Waals surface area contributed by atoms with Crippen LogP contribution >= 0.6 is 11.6 Å². The zero-order chi connectivity index (χ0) is 21.9. The molecule has 1 fully saturated rings. The Bertz CT molecular complexity index is 1100. The highest BCUT2D eigenvalue weighted by molar-refractivity contribution is 7.89. The van der Waals surface area contributed by atoms with Gasteiger partial charge < -0.3 is 4.57 Å². The molecule has 11 heteroatoms. The van der Waals surface area contributed by atoms with Crippen LogP contribution < -0.4 is 10.3 Å². The van der Waals surface area contributed by atoms with Crippen LogP contribution in [0.4, 0.5) is 4.39 Å². The molecule has 1 saturated carbocycles. The molecular weight excluding hydrogens is 433 g/mol. The van der Waals surface area contributed by atoms with Gasteiger partial charge in [0.05, 0.1) is 33.9 Å². The minimum Gasteiger partial charge on any atom is -0.340 e. The molecule has 0 atom stereocenters. The Morgan fingerprint density at radius 2 is 2.10 bits per heavy atom. The second kappa shape index (κ2) is 9.12. The predicted octanol–water partition coefficient (Wildman–Crippen LogP) is 2.90. The van der Waals surface area contributed by atoms with Gasteiger partial charge in [0.2, 0.25) is 10.0 Å². The summed E-state index contributed by atoms with van der Waals surface area (Å²) in [7, 11) is -2.07. The normalized spacial score (nSPS) is 15.0. The fourth-order valence-corrected chi connectivity index (χ4v) is 5.08. The second-order valence-corrected chi connectivity index (χ2v) is 9.50. The Morgan fingerprint density at radius 3 is 2.70 bits per heavy atom. The molecule has 0 unspecified atom stereocenters. The molecule has 0 saturated heterocycles. The van der Waals surface area contributed by atoms with Crippen LogP contribution in [0, 0.1) is 23.1 Å². The highest BCUT2D eigenvalue weighted by Gasteiger charge is 2.25. The maximum Gasteiger partial charge on any atom is 0.269 e. The Morgan fingerprint density at radius 1 is 1.40 bits per heavy atom. The molecule has 8 nitrogen and oxygen atoms in total. The van der Waals surface area contributed by atoms with Crippen LogP contribution in [0.2, 0.25) is 5.02 Å². The lowest BCUT2D eigenvalue weighted by atomic mass is 9.91. The average Bonchev–Trinajstić information content (AvgIpc) is 3.14. The number of amides is 1. The molecule has 160 valence electrons. The van der Waals surface area contributed by atoms with Crippen molar-refractivity contribution in [1.82, 2.24) is 19.8 Å². The molecule has 1 aromatic carbocycles. The van der Waals surface area contributed by atoms with Crippen molar-refractivity contribution in [3.8, 4) is 17.3 Å². The van der Waals surface area contributed by atoms with Crippen LogP contribution in [0.25, 0.3) is 11.3 Å². The van der Waals surface area contributed by atoms with Crippen molar-refractivity contribution < 1.29 is 17.6 Å². The number of benzene rings is 1. The molecule has 2 aromatic rings. The summed E-state index contributed by atoms with van der Waals surface area (Å²) in [4.78, 5) is 18.6. The van der Waals surface area contributed by atoms with E-state index in [9.17, 15) is 22.9 Å². The van der Waals surface area contributed by atoms with Crippen molar-refractivity contribution in [2.45, 2.75) is 32.1 Å². The summed E-state index contributed by atoms with van der Waals surface area (Å²) in [6.07, 6.45) is 7.77. The number of hydrazine groups is 1. The van der Waals surface area contributed by atoms with Gasteiger partial charge in [-0.15, -0.1) is 4.83 Å². The van der Waals surface area contributed by atoms with Gasteiger partial charge in [0, 0.05) is 18.8 Å². The zero-order valence-electron chi connectivity index (χ0n) is 16.3. The first-order valence-corrected chi connectivity index (χ1v) is 11.4. The number of imidazole rings is 1. The van der Waals surface area contributed by atoms with Crippen molar-refractivity contribution in [2.75, 3.05) is 5.75 Å². The fraction of sp³-hybridized carbons (Fsp3) is 0.421. The molecule has 1 aliphatic rings. The van der Waals surface area contributed by atoms with E-state index in [1.54, 1.807) is 17.8 Å². The van der Waals surface area contributed by atoms with Gasteiger partial charge in [-0.1, -0.05) is 30.9 Å². The molecule has 1 aromatic heterocycles. The highest BCUT2D eigenvalue weighted by Crippen LogP contribution is 2.32. The van der Waals surface area contributed by atoms with E-state index in [2.05, 4.69) is 4.98 Å². The Kier molecular flexibility index (Phi) is 6.75. The number of carbonyl (C=O) groups is 1. The SMILES string of the molecule is Cn1cnc(-c2cc(C(=O)NNS(=O)(=O)CC3CCCCC3)c(F)c(Cl)c2C#N)c1. The first kappa shape index (κ1) is 22.2. The first-order valence-electron chi connectivity index (χ1n) is 9.42. The van der Waals surface area contributed by atoms with Crippen molar-refractivity contribution in [2.24, 2.45) is 13.0 Å². The third-order valence-electron chi connectivity index (χ3n) is 5.04. The summed E-state index contributed by atoms with van der Waals surface area (Å²) in [5.74, 6) is -2.21. The molecule has 3 rings (SSSR count). The number of nitrogens with one attached hydrogen (secondary N) is 2. The van der Waals surface area contributed by atoms with Crippen molar-refractivity contribution in [1.29, 1.82) is 5.26 Å². The largest absolute Gasteiger partial charge is 0.340 e. The molecule has 0 radical (unpaired) electrons. The molecule has 1 aliphatic carbocycles. The summed E-state index contributed by atoms with van der Waals surface area (Å²) in [5.41, 5.74) is 1.86. The van der Waals surface area contributed by atoms with Crippen molar-refractivity contribution in [3.63, 3.8) is 0 Å². The quantitative estimate of drug-likeness (QED) is 0.652. The summed E-state index contributed by atoms with van der Waals surface area (Å²) < 4.78 is 40.8. The zero-order valence-corrected chi connectivity index (χ0v) is 17.9.